The molecule has 3 aromatic rings. The molecule has 2 aromatic heterocycles. The summed E-state index contributed by atoms with van der Waals surface area (Å²) in [6.07, 6.45) is 13.3. The van der Waals surface area contributed by atoms with Crippen molar-refractivity contribution in [2.24, 2.45) is 5.92 Å². The normalized spacial score (nSPS) is 17.8. The molecule has 0 saturated heterocycles. The van der Waals surface area contributed by atoms with Crippen molar-refractivity contribution in [2.75, 3.05) is 5.75 Å². The van der Waals surface area contributed by atoms with Gasteiger partial charge in [0.05, 0.1) is 9.75 Å². The van der Waals surface area contributed by atoms with Gasteiger partial charge in [0, 0.05) is 19.5 Å². The number of hydrogen-bond acceptors (Lipinski definition) is 2. The maximum Gasteiger partial charge on any atom is 0.0584 e. The summed E-state index contributed by atoms with van der Waals surface area (Å²) in [7, 11) is -1.26. The van der Waals surface area contributed by atoms with Gasteiger partial charge in [0.25, 0.3) is 0 Å². The van der Waals surface area contributed by atoms with Crippen LogP contribution in [-0.4, -0.2) is 5.75 Å². The molecule has 232 valence electrons. The topological polar surface area (TPSA) is 0 Å². The van der Waals surface area contributed by atoms with Crippen LogP contribution in [-0.2, 0) is 11.8 Å². The molecule has 1 aromatic carbocycles. The molecule has 3 heteroatoms. The number of rotatable bonds is 13. The van der Waals surface area contributed by atoms with Crippen LogP contribution in [0.25, 0.3) is 9.75 Å². The molecule has 0 saturated carbocycles. The molecule has 0 radical (unpaired) electrons. The first kappa shape index (κ1) is 36.2. The van der Waals surface area contributed by atoms with E-state index in [0.29, 0.717) is 0 Å². The van der Waals surface area contributed by atoms with Crippen LogP contribution < -0.4 is 0 Å². The van der Waals surface area contributed by atoms with Crippen LogP contribution in [0.4, 0.5) is 0 Å². The van der Waals surface area contributed by atoms with Gasteiger partial charge >= 0.3 is 0 Å². The van der Waals surface area contributed by atoms with Crippen LogP contribution in [0.3, 0.4) is 0 Å². The molecule has 0 N–H and O–H groups in total. The third kappa shape index (κ3) is 8.54. The summed E-state index contributed by atoms with van der Waals surface area (Å²) in [5.74, 6) is 2.14. The lowest BCUT2D eigenvalue weighted by molar-refractivity contribution is 0.449. The van der Waals surface area contributed by atoms with Gasteiger partial charge in [-0.3, -0.25) is 0 Å². The number of benzene rings is 1. The molecule has 4 rings (SSSR count). The summed E-state index contributed by atoms with van der Waals surface area (Å²) in [4.78, 5) is 11.2. The van der Waals surface area contributed by atoms with Crippen LogP contribution >= 0.6 is 32.7 Å². The third-order valence-electron chi connectivity index (χ3n) is 8.00. The molecular weight excluding hydrogens is 553 g/mol. The Balaban J connectivity index is 0.00000141. The van der Waals surface area contributed by atoms with Crippen molar-refractivity contribution in [1.29, 1.82) is 0 Å². The lowest BCUT2D eigenvalue weighted by Gasteiger charge is -2.41. The molecule has 0 spiro atoms. The second-order valence-corrected chi connectivity index (χ2v) is 17.7. The highest BCUT2D eigenvalue weighted by Crippen LogP contribution is 2.79. The summed E-state index contributed by atoms with van der Waals surface area (Å²) >= 11 is 4.15. The molecule has 2 atom stereocenters. The fraction of sp³-hybridized carbons (Fsp3) is 0.632. The molecule has 0 fully saturated rings. The first-order chi connectivity index (χ1) is 19.7. The Morgan fingerprint density at radius 2 is 1.29 bits per heavy atom. The average Bonchev–Trinajstić information content (AvgIpc) is 3.64. The van der Waals surface area contributed by atoms with Crippen LogP contribution in [0.1, 0.15) is 142 Å². The molecule has 41 heavy (non-hydrogen) atoms. The first-order valence-electron chi connectivity index (χ1n) is 16.9. The largest absolute Gasteiger partial charge is 0.157 e. The second kappa shape index (κ2) is 17.3. The summed E-state index contributed by atoms with van der Waals surface area (Å²) in [6, 6.07) is 15.2. The van der Waals surface area contributed by atoms with Gasteiger partial charge in [-0.05, 0) is 78.0 Å². The molecule has 2 unspecified atom stereocenters. The quantitative estimate of drug-likeness (QED) is 0.168. The molecule has 1 aliphatic rings. The minimum Gasteiger partial charge on any atom is -0.157 e. The van der Waals surface area contributed by atoms with E-state index >= 15 is 0 Å². The maximum absolute atomic E-state index is 2.66. The van der Waals surface area contributed by atoms with Crippen LogP contribution in [0.15, 0.2) is 51.1 Å². The van der Waals surface area contributed by atoms with Crippen LogP contribution in [0, 0.1) is 12.8 Å². The van der Waals surface area contributed by atoms with Crippen molar-refractivity contribution in [3.05, 3.63) is 51.7 Å². The second-order valence-electron chi connectivity index (χ2n) is 12.3. The van der Waals surface area contributed by atoms with Crippen molar-refractivity contribution < 1.29 is 0 Å². The van der Waals surface area contributed by atoms with Gasteiger partial charge < -0.3 is 0 Å². The van der Waals surface area contributed by atoms with E-state index in [1.165, 1.54) is 80.4 Å². The number of thiophene rings is 2. The fourth-order valence-electron chi connectivity index (χ4n) is 5.91. The van der Waals surface area contributed by atoms with Crippen molar-refractivity contribution in [1.82, 2.24) is 0 Å². The van der Waals surface area contributed by atoms with Crippen molar-refractivity contribution in [3.8, 4) is 9.75 Å². The Kier molecular flexibility index (Phi) is 15.3. The lowest BCUT2D eigenvalue weighted by atomic mass is 9.95. The van der Waals surface area contributed by atoms with Crippen LogP contribution in [0.2, 0.25) is 0 Å². The van der Waals surface area contributed by atoms with Crippen molar-refractivity contribution in [2.45, 2.75) is 160 Å². The van der Waals surface area contributed by atoms with E-state index in [1.807, 2.05) is 27.7 Å². The molecule has 0 bridgehead atoms. The van der Waals surface area contributed by atoms with E-state index in [0.717, 1.165) is 5.92 Å². The van der Waals surface area contributed by atoms with E-state index in [1.54, 1.807) is 29.3 Å². The minimum absolute atomic E-state index is 0.194. The zero-order chi connectivity index (χ0) is 30.6. The Morgan fingerprint density at radius 1 is 0.707 bits per heavy atom. The highest BCUT2D eigenvalue weighted by atomic mass is 32.3. The van der Waals surface area contributed by atoms with Gasteiger partial charge in [-0.15, -0.1) is 22.7 Å². The predicted octanol–water partition coefficient (Wildman–Crippen LogP) is 14.5. The summed E-state index contributed by atoms with van der Waals surface area (Å²) in [6.45, 7) is 24.5. The minimum atomic E-state index is -1.26. The Morgan fingerprint density at radius 3 is 1.88 bits per heavy atom. The summed E-state index contributed by atoms with van der Waals surface area (Å²) in [5, 5.41) is 0. The first-order valence-corrected chi connectivity index (χ1v) is 20.3. The molecule has 0 amide bonds. The number of aryl methyl sites for hydroxylation is 2. The van der Waals surface area contributed by atoms with E-state index in [-0.39, 0.29) is 5.41 Å². The highest BCUT2D eigenvalue weighted by Gasteiger charge is 2.45. The third-order valence-corrected chi connectivity index (χ3v) is 15.2. The van der Waals surface area contributed by atoms with Crippen molar-refractivity contribution in [3.63, 3.8) is 0 Å². The molecule has 1 aliphatic heterocycles. The van der Waals surface area contributed by atoms with Gasteiger partial charge in [0.2, 0.25) is 0 Å². The zero-order valence-electron chi connectivity index (χ0n) is 28.5. The number of unbranched alkanes of at least 4 members (excludes halogenated alkanes) is 4. The Bertz CT molecular complexity index is 1140. The van der Waals surface area contributed by atoms with Gasteiger partial charge in [0.15, 0.2) is 0 Å². The molecule has 0 aliphatic carbocycles. The number of fused-ring (bicyclic) bond motifs is 3. The fourth-order valence-corrected chi connectivity index (χ4v) is 13.9. The van der Waals surface area contributed by atoms with Crippen LogP contribution in [0.5, 0.6) is 0 Å². The van der Waals surface area contributed by atoms with Gasteiger partial charge in [0.1, 0.15) is 0 Å². The molecule has 3 heterocycles. The summed E-state index contributed by atoms with van der Waals surface area (Å²) < 4.78 is 0. The molecule has 0 nitrogen and oxygen atoms in total. The SMILES string of the molecule is CC.CC.CCCCCCC(CCCC)CS1(c2ccc(CCC)cc2)c2cc(C)sc2-c2sc(C(C)(C)C)cc21. The molecular formula is C38H62S3. The van der Waals surface area contributed by atoms with Gasteiger partial charge in [-0.1, -0.05) is 126 Å². The lowest BCUT2D eigenvalue weighted by Crippen LogP contribution is -2.15. The van der Waals surface area contributed by atoms with E-state index < -0.39 is 10.0 Å². The average molecular weight is 615 g/mol. The van der Waals surface area contributed by atoms with E-state index in [4.69, 9.17) is 0 Å². The van der Waals surface area contributed by atoms with Gasteiger partial charge in [-0.2, -0.15) is 10.0 Å². The smallest absolute Gasteiger partial charge is 0.0584 e. The predicted molar refractivity (Wildman–Crippen MR) is 193 cm³/mol. The number of hydrogen-bond donors (Lipinski definition) is 0. The van der Waals surface area contributed by atoms with Gasteiger partial charge in [-0.25, -0.2) is 0 Å². The highest BCUT2D eigenvalue weighted by molar-refractivity contribution is 8.34. The summed E-state index contributed by atoms with van der Waals surface area (Å²) in [5.41, 5.74) is 1.68. The zero-order valence-corrected chi connectivity index (χ0v) is 31.0. The monoisotopic (exact) mass is 614 g/mol. The Hall–Kier alpha value is -1.03. The Labute approximate surface area is 265 Å². The van der Waals surface area contributed by atoms with E-state index in [9.17, 15) is 0 Å². The maximum atomic E-state index is 2.66. The van der Waals surface area contributed by atoms with E-state index in [2.05, 4.69) is 108 Å². The standard InChI is InChI=1S/C34H50S3.2C2H6/c1-8-11-13-14-17-27(16-12-9-2)24-37(28-20-18-26(15-10-3)19-21-28)29-22-25(4)35-32(29)33-30(37)23-31(36-33)34(5,6)7;2*1-2/h18-23,27H,8-17,24H2,1-7H3;2*1-2H3. The van der Waals surface area contributed by atoms with Crippen molar-refractivity contribution >= 4 is 32.7 Å².